The first-order chi connectivity index (χ1) is 2.00. The van der Waals surface area contributed by atoms with E-state index in [9.17, 15) is 0 Å². The molecular formula is Co2O4S. The maximum atomic E-state index is 8.52. The van der Waals surface area contributed by atoms with Crippen LogP contribution in [0.15, 0.2) is 0 Å². The van der Waals surface area contributed by atoms with Gasteiger partial charge in [0.1, 0.15) is 0 Å². The van der Waals surface area contributed by atoms with Crippen molar-refractivity contribution in [2.75, 3.05) is 0 Å². The molecule has 0 aliphatic rings. The average Bonchev–Trinajstić information content (AvgIpc) is 0.722. The third kappa shape index (κ3) is 210. The minimum absolute atomic E-state index is 0. The molecule has 0 fully saturated rings. The Morgan fingerprint density at radius 3 is 1.14 bits per heavy atom. The predicted molar refractivity (Wildman–Crippen MR) is 10.5 cm³/mol. The summed E-state index contributed by atoms with van der Waals surface area (Å²) in [5.74, 6) is 0. The van der Waals surface area contributed by atoms with Crippen molar-refractivity contribution in [3.63, 3.8) is 0 Å². The largest absolute Gasteiger partial charge is 2.00 e. The average molecular weight is 214 g/mol. The van der Waals surface area contributed by atoms with Crippen LogP contribution in [0.5, 0.6) is 0 Å². The van der Waals surface area contributed by atoms with Crippen molar-refractivity contribution in [2.24, 2.45) is 0 Å². The second-order valence-corrected chi connectivity index (χ2v) is 1.22. The van der Waals surface area contributed by atoms with E-state index in [2.05, 4.69) is 0 Å². The molecule has 2 radical (unpaired) electrons. The zero-order valence-electron chi connectivity index (χ0n) is 2.71. The van der Waals surface area contributed by atoms with Gasteiger partial charge in [-0.1, -0.05) is 0 Å². The molecule has 0 N–H and O–H groups in total. The van der Waals surface area contributed by atoms with Gasteiger partial charge in [-0.3, -0.25) is 8.42 Å². The van der Waals surface area contributed by atoms with Gasteiger partial charge in [0, 0.05) is 27.2 Å². The molecule has 7 heteroatoms. The Morgan fingerprint density at radius 2 is 1.14 bits per heavy atom. The van der Waals surface area contributed by atoms with Crippen LogP contribution in [0.25, 0.3) is 0 Å². The van der Waals surface area contributed by atoms with E-state index in [0.717, 1.165) is 0 Å². The van der Waals surface area contributed by atoms with Crippen LogP contribution in [-0.2, 0) is 44.0 Å². The Balaban J connectivity index is -0.0000000800. The van der Waals surface area contributed by atoms with Crippen LogP contribution in [-0.4, -0.2) is 17.5 Å². The summed E-state index contributed by atoms with van der Waals surface area (Å²) in [6, 6.07) is 0. The van der Waals surface area contributed by atoms with Crippen molar-refractivity contribution >= 4 is 10.4 Å². The Bertz CT molecular complexity index is 92.9. The molecule has 0 saturated heterocycles. The first-order valence-electron chi connectivity index (χ1n) is 0.667. The molecule has 0 spiro atoms. The van der Waals surface area contributed by atoms with Gasteiger partial charge in [0.2, 0.25) is 0 Å². The normalized spacial score (nSPS) is 8.29. The van der Waals surface area contributed by atoms with Crippen LogP contribution in [0, 0.1) is 0 Å². The van der Waals surface area contributed by atoms with E-state index < -0.39 is 10.4 Å². The summed E-state index contributed by atoms with van der Waals surface area (Å²) in [5, 5.41) is 0. The number of hydrogen-bond donors (Lipinski definition) is 0. The summed E-state index contributed by atoms with van der Waals surface area (Å²) in [6.07, 6.45) is 0. The molecule has 0 saturated carbocycles. The van der Waals surface area contributed by atoms with Crippen molar-refractivity contribution in [1.29, 1.82) is 0 Å². The Morgan fingerprint density at radius 1 is 1.14 bits per heavy atom. The van der Waals surface area contributed by atoms with Crippen molar-refractivity contribution in [3.05, 3.63) is 0 Å². The Labute approximate surface area is 61.6 Å². The Kier molecular flexibility index (Phi) is 11.3. The minimum Gasteiger partial charge on any atom is -0.759 e. The van der Waals surface area contributed by atoms with Gasteiger partial charge < -0.3 is 9.11 Å². The van der Waals surface area contributed by atoms with Crippen molar-refractivity contribution in [2.45, 2.75) is 0 Å². The summed E-state index contributed by atoms with van der Waals surface area (Å²) < 4.78 is 34.1. The van der Waals surface area contributed by atoms with Gasteiger partial charge in [-0.25, -0.2) is 0 Å². The summed E-state index contributed by atoms with van der Waals surface area (Å²) in [7, 11) is -5.17. The molecule has 0 unspecified atom stereocenters. The summed E-state index contributed by atoms with van der Waals surface area (Å²) >= 11 is 0. The molecule has 0 amide bonds. The van der Waals surface area contributed by atoms with Crippen LogP contribution in [0.1, 0.15) is 0 Å². The summed E-state index contributed by atoms with van der Waals surface area (Å²) in [6.45, 7) is 0. The molecule has 0 atom stereocenters. The molecule has 0 heterocycles. The minimum atomic E-state index is -5.17. The molecule has 0 aromatic carbocycles. The Hall–Kier alpha value is 0.883. The summed E-state index contributed by atoms with van der Waals surface area (Å²) in [4.78, 5) is 0. The van der Waals surface area contributed by atoms with Crippen LogP contribution >= 0.6 is 0 Å². The van der Waals surface area contributed by atoms with Gasteiger partial charge in [0.25, 0.3) is 0 Å². The van der Waals surface area contributed by atoms with Gasteiger partial charge in [-0.15, -0.1) is 0 Å². The second kappa shape index (κ2) is 5.03. The van der Waals surface area contributed by atoms with Crippen molar-refractivity contribution in [1.82, 2.24) is 0 Å². The zero-order valence-corrected chi connectivity index (χ0v) is 5.61. The molecule has 48 valence electrons. The molecule has 7 heavy (non-hydrogen) atoms. The van der Waals surface area contributed by atoms with Crippen LogP contribution < -0.4 is 0 Å². The maximum Gasteiger partial charge on any atom is 2.00 e. The molecule has 0 aliphatic carbocycles. The van der Waals surface area contributed by atoms with Gasteiger partial charge in [0.05, 0.1) is 0 Å². The molecule has 0 rings (SSSR count). The first-order valence-corrected chi connectivity index (χ1v) is 2.00. The second-order valence-electron chi connectivity index (χ2n) is 0.408. The fraction of sp³-hybridized carbons (Fsp3) is 0. The van der Waals surface area contributed by atoms with Crippen LogP contribution in [0.3, 0.4) is 0 Å². The first kappa shape index (κ1) is 15.7. The van der Waals surface area contributed by atoms with E-state index >= 15 is 0 Å². The van der Waals surface area contributed by atoms with E-state index in [0.29, 0.717) is 0 Å². The SMILES string of the molecule is O=S(=O)([O-])[O-].[Co+2].[Co]. The molecule has 0 aliphatic heterocycles. The topological polar surface area (TPSA) is 80.3 Å². The third-order valence-electron chi connectivity index (χ3n) is 0. The fourth-order valence-electron chi connectivity index (χ4n) is 0. The van der Waals surface area contributed by atoms with E-state index in [-0.39, 0.29) is 33.6 Å². The quantitative estimate of drug-likeness (QED) is 0.369. The monoisotopic (exact) mass is 214 g/mol. The van der Waals surface area contributed by atoms with Crippen LogP contribution in [0.4, 0.5) is 0 Å². The number of rotatable bonds is 0. The smallest absolute Gasteiger partial charge is 0.759 e. The fourth-order valence-corrected chi connectivity index (χ4v) is 0. The summed E-state index contributed by atoms with van der Waals surface area (Å²) in [5.41, 5.74) is 0. The maximum absolute atomic E-state index is 8.52. The number of hydrogen-bond acceptors (Lipinski definition) is 4. The predicted octanol–water partition coefficient (Wildman–Crippen LogP) is -1.34. The molecular weight excluding hydrogens is 214 g/mol. The van der Waals surface area contributed by atoms with Gasteiger partial charge in [-0.05, 0) is 0 Å². The van der Waals surface area contributed by atoms with Crippen molar-refractivity contribution in [3.8, 4) is 0 Å². The van der Waals surface area contributed by atoms with E-state index in [1.807, 2.05) is 0 Å². The molecule has 0 aromatic heterocycles. The van der Waals surface area contributed by atoms with Gasteiger partial charge >= 0.3 is 16.8 Å². The third-order valence-corrected chi connectivity index (χ3v) is 0. The zero-order chi connectivity index (χ0) is 4.50. The van der Waals surface area contributed by atoms with Crippen LogP contribution in [0.2, 0.25) is 0 Å². The van der Waals surface area contributed by atoms with Crippen molar-refractivity contribution < 1.29 is 51.1 Å². The van der Waals surface area contributed by atoms with E-state index in [4.69, 9.17) is 17.5 Å². The van der Waals surface area contributed by atoms with E-state index in [1.165, 1.54) is 0 Å². The molecule has 0 bridgehead atoms. The van der Waals surface area contributed by atoms with Gasteiger partial charge in [-0.2, -0.15) is 0 Å². The molecule has 4 nitrogen and oxygen atoms in total. The van der Waals surface area contributed by atoms with Gasteiger partial charge in [0.15, 0.2) is 0 Å². The molecule has 0 aromatic rings. The standard InChI is InChI=1S/2Co.H2O4S/c;;1-5(2,3)4/h;;(H2,1,2,3,4)/q;+2;/p-2. The van der Waals surface area contributed by atoms with E-state index in [1.54, 1.807) is 0 Å².